The van der Waals surface area contributed by atoms with Gasteiger partial charge in [-0.25, -0.2) is 10.4 Å². The van der Waals surface area contributed by atoms with Crippen LogP contribution in [0, 0.1) is 11.3 Å². The summed E-state index contributed by atoms with van der Waals surface area (Å²) in [6.07, 6.45) is 1.51. The molecule has 1 N–H and O–H groups in total. The van der Waals surface area contributed by atoms with Crippen molar-refractivity contribution in [3.8, 4) is 17.4 Å². The van der Waals surface area contributed by atoms with Gasteiger partial charge in [-0.1, -0.05) is 41.9 Å². The number of nitriles is 1. The molecular weight excluding hydrogens is 384 g/mol. The first-order valence-electron chi connectivity index (χ1n) is 7.62. The molecule has 2 heterocycles. The summed E-state index contributed by atoms with van der Waals surface area (Å²) in [5.41, 5.74) is 3.84. The maximum Gasteiger partial charge on any atom is 0.252 e. The third-order valence-corrected chi connectivity index (χ3v) is 3.89. The number of nitrogens with one attached hydrogen (secondary N) is 1. The van der Waals surface area contributed by atoms with E-state index in [0.717, 1.165) is 15.8 Å². The zero-order valence-electron chi connectivity index (χ0n) is 13.7. The van der Waals surface area contributed by atoms with Gasteiger partial charge >= 0.3 is 0 Å². The molecule has 0 aliphatic carbocycles. The van der Waals surface area contributed by atoms with E-state index in [4.69, 9.17) is 14.1 Å². The average Bonchev–Trinajstić information content (AvgIpc) is 3.23. The Morgan fingerprint density at radius 1 is 1.20 bits per heavy atom. The SMILES string of the molecule is CC(C)c1nc(C#N)c(NN=Cc2ccc(-c3ccc(Br)cc3)o2)o1. The molecule has 0 spiro atoms. The highest BCUT2D eigenvalue weighted by Crippen LogP contribution is 2.24. The Bertz CT molecular complexity index is 933. The monoisotopic (exact) mass is 398 g/mol. The zero-order valence-corrected chi connectivity index (χ0v) is 15.2. The number of rotatable bonds is 5. The Labute approximate surface area is 153 Å². The molecule has 3 aromatic rings. The zero-order chi connectivity index (χ0) is 17.8. The van der Waals surface area contributed by atoms with Crippen molar-refractivity contribution in [3.05, 3.63) is 58.2 Å². The topological polar surface area (TPSA) is 87.4 Å². The van der Waals surface area contributed by atoms with E-state index in [-0.39, 0.29) is 17.5 Å². The fourth-order valence-electron chi connectivity index (χ4n) is 2.08. The Morgan fingerprint density at radius 3 is 2.64 bits per heavy atom. The summed E-state index contributed by atoms with van der Waals surface area (Å²) >= 11 is 3.40. The molecule has 0 aliphatic heterocycles. The second kappa shape index (κ2) is 7.36. The molecule has 2 aromatic heterocycles. The Morgan fingerprint density at radius 2 is 1.96 bits per heavy atom. The summed E-state index contributed by atoms with van der Waals surface area (Å²) in [6, 6.07) is 13.5. The van der Waals surface area contributed by atoms with Gasteiger partial charge in [0.15, 0.2) is 0 Å². The lowest BCUT2D eigenvalue weighted by Gasteiger charge is -1.97. The van der Waals surface area contributed by atoms with Crippen LogP contribution < -0.4 is 5.43 Å². The van der Waals surface area contributed by atoms with Crippen LogP contribution in [0.1, 0.15) is 37.1 Å². The minimum Gasteiger partial charge on any atom is -0.455 e. The van der Waals surface area contributed by atoms with Gasteiger partial charge in [-0.2, -0.15) is 10.4 Å². The van der Waals surface area contributed by atoms with Gasteiger partial charge < -0.3 is 8.83 Å². The lowest BCUT2D eigenvalue weighted by Crippen LogP contribution is -1.90. The van der Waals surface area contributed by atoms with Gasteiger partial charge in [0.25, 0.3) is 5.88 Å². The quantitative estimate of drug-likeness (QED) is 0.474. The van der Waals surface area contributed by atoms with Crippen molar-refractivity contribution in [3.63, 3.8) is 0 Å². The summed E-state index contributed by atoms with van der Waals surface area (Å²) in [5, 5.41) is 13.1. The predicted molar refractivity (Wildman–Crippen MR) is 98.4 cm³/mol. The summed E-state index contributed by atoms with van der Waals surface area (Å²) in [7, 11) is 0. The van der Waals surface area contributed by atoms with Gasteiger partial charge in [0.1, 0.15) is 17.6 Å². The van der Waals surface area contributed by atoms with Gasteiger partial charge in [-0.15, -0.1) is 0 Å². The van der Waals surface area contributed by atoms with Crippen molar-refractivity contribution < 1.29 is 8.83 Å². The van der Waals surface area contributed by atoms with E-state index < -0.39 is 0 Å². The predicted octanol–water partition coefficient (Wildman–Crippen LogP) is 5.14. The van der Waals surface area contributed by atoms with Crippen LogP contribution in [0.25, 0.3) is 11.3 Å². The number of furan rings is 1. The molecule has 0 bridgehead atoms. The molecule has 7 heteroatoms. The molecular formula is C18H15BrN4O2. The number of oxazole rings is 1. The van der Waals surface area contributed by atoms with Gasteiger partial charge in [-0.3, -0.25) is 0 Å². The fourth-order valence-corrected chi connectivity index (χ4v) is 2.35. The van der Waals surface area contributed by atoms with Gasteiger partial charge in [-0.05, 0) is 24.3 Å². The van der Waals surface area contributed by atoms with Crippen LogP contribution >= 0.6 is 15.9 Å². The smallest absolute Gasteiger partial charge is 0.252 e. The van der Waals surface area contributed by atoms with Crippen LogP contribution in [0.15, 0.2) is 54.8 Å². The highest BCUT2D eigenvalue weighted by molar-refractivity contribution is 9.10. The number of anilines is 1. The first kappa shape index (κ1) is 17.0. The second-order valence-corrected chi connectivity index (χ2v) is 6.49. The number of benzene rings is 1. The van der Waals surface area contributed by atoms with Crippen LogP contribution in [0.5, 0.6) is 0 Å². The van der Waals surface area contributed by atoms with Crippen molar-refractivity contribution in [2.45, 2.75) is 19.8 Å². The van der Waals surface area contributed by atoms with Crippen molar-refractivity contribution in [2.24, 2.45) is 5.10 Å². The maximum absolute atomic E-state index is 9.09. The molecule has 25 heavy (non-hydrogen) atoms. The molecule has 0 atom stereocenters. The first-order valence-corrected chi connectivity index (χ1v) is 8.42. The van der Waals surface area contributed by atoms with Crippen LogP contribution in [-0.2, 0) is 0 Å². The summed E-state index contributed by atoms with van der Waals surface area (Å²) < 4.78 is 12.2. The van der Waals surface area contributed by atoms with E-state index in [1.54, 1.807) is 0 Å². The largest absolute Gasteiger partial charge is 0.455 e. The van der Waals surface area contributed by atoms with Crippen molar-refractivity contribution in [2.75, 3.05) is 5.43 Å². The standard InChI is InChI=1S/C18H15BrN4O2/c1-11(2)17-22-15(9-20)18(25-17)23-21-10-14-7-8-16(24-14)12-3-5-13(19)6-4-12/h3-8,10-11,23H,1-2H3. The second-order valence-electron chi connectivity index (χ2n) is 5.58. The lowest BCUT2D eigenvalue weighted by molar-refractivity contribution is 0.481. The van der Waals surface area contributed by atoms with Crippen LogP contribution in [-0.4, -0.2) is 11.2 Å². The van der Waals surface area contributed by atoms with Gasteiger partial charge in [0.05, 0.1) is 6.21 Å². The van der Waals surface area contributed by atoms with Crippen molar-refractivity contribution in [1.29, 1.82) is 5.26 Å². The number of hydrogen-bond acceptors (Lipinski definition) is 6. The number of halogens is 1. The van der Waals surface area contributed by atoms with Crippen LogP contribution in [0.3, 0.4) is 0 Å². The fraction of sp³-hybridized carbons (Fsp3) is 0.167. The first-order chi connectivity index (χ1) is 12.1. The van der Waals surface area contributed by atoms with Gasteiger partial charge in [0, 0.05) is 16.0 Å². The molecule has 0 aliphatic rings. The summed E-state index contributed by atoms with van der Waals surface area (Å²) in [5.74, 6) is 2.12. The van der Waals surface area contributed by atoms with E-state index in [2.05, 4.69) is 31.4 Å². The van der Waals surface area contributed by atoms with E-state index >= 15 is 0 Å². The van der Waals surface area contributed by atoms with E-state index in [1.807, 2.05) is 56.3 Å². The number of hydrazone groups is 1. The molecule has 0 radical (unpaired) electrons. The Balaban J connectivity index is 1.71. The van der Waals surface area contributed by atoms with Crippen molar-refractivity contribution >= 4 is 28.0 Å². The minimum atomic E-state index is 0.0881. The molecule has 0 saturated heterocycles. The van der Waals surface area contributed by atoms with E-state index in [9.17, 15) is 0 Å². The maximum atomic E-state index is 9.09. The molecule has 0 unspecified atom stereocenters. The summed E-state index contributed by atoms with van der Waals surface area (Å²) in [6.45, 7) is 3.87. The lowest BCUT2D eigenvalue weighted by atomic mass is 10.2. The molecule has 126 valence electrons. The third kappa shape index (κ3) is 3.98. The van der Waals surface area contributed by atoms with E-state index in [1.165, 1.54) is 6.21 Å². The number of nitrogens with zero attached hydrogens (tertiary/aromatic N) is 3. The summed E-state index contributed by atoms with van der Waals surface area (Å²) in [4.78, 5) is 4.11. The number of hydrogen-bond donors (Lipinski definition) is 1. The van der Waals surface area contributed by atoms with Crippen LogP contribution in [0.2, 0.25) is 0 Å². The molecule has 0 fully saturated rings. The number of aromatic nitrogens is 1. The average molecular weight is 399 g/mol. The highest BCUT2D eigenvalue weighted by Gasteiger charge is 2.14. The highest BCUT2D eigenvalue weighted by atomic mass is 79.9. The normalized spacial score (nSPS) is 11.2. The molecule has 3 rings (SSSR count). The minimum absolute atomic E-state index is 0.0881. The Hall–Kier alpha value is -2.85. The van der Waals surface area contributed by atoms with Crippen LogP contribution in [0.4, 0.5) is 5.88 Å². The van der Waals surface area contributed by atoms with E-state index in [0.29, 0.717) is 11.7 Å². The van der Waals surface area contributed by atoms with Gasteiger partial charge in [0.2, 0.25) is 11.6 Å². The molecule has 1 aromatic carbocycles. The molecule has 0 amide bonds. The Kier molecular flexibility index (Phi) is 5.00. The molecule has 6 nitrogen and oxygen atoms in total. The third-order valence-electron chi connectivity index (χ3n) is 3.36. The van der Waals surface area contributed by atoms with Crippen molar-refractivity contribution in [1.82, 2.24) is 4.98 Å². The molecule has 0 saturated carbocycles.